The van der Waals surface area contributed by atoms with Crippen molar-refractivity contribution in [2.45, 2.75) is 65.5 Å². The van der Waals surface area contributed by atoms with Gasteiger partial charge < -0.3 is 5.73 Å². The van der Waals surface area contributed by atoms with E-state index in [4.69, 9.17) is 17.3 Å². The zero-order chi connectivity index (χ0) is 14.0. The molecule has 1 aromatic rings. The fourth-order valence-corrected chi connectivity index (χ4v) is 3.56. The molecule has 1 aliphatic rings. The van der Waals surface area contributed by atoms with Crippen LogP contribution in [-0.4, -0.2) is 15.8 Å². The van der Waals surface area contributed by atoms with Crippen molar-refractivity contribution in [3.05, 3.63) is 16.4 Å². The van der Waals surface area contributed by atoms with E-state index in [0.717, 1.165) is 42.4 Å². The Morgan fingerprint density at radius 2 is 2.11 bits per heavy atom. The highest BCUT2D eigenvalue weighted by Gasteiger charge is 2.28. The fraction of sp³-hybridized carbons (Fsp3) is 0.800. The number of aryl methyl sites for hydroxylation is 2. The monoisotopic (exact) mass is 283 g/mol. The van der Waals surface area contributed by atoms with E-state index in [1.807, 2.05) is 0 Å². The topological polar surface area (TPSA) is 43.8 Å². The van der Waals surface area contributed by atoms with Gasteiger partial charge in [0.25, 0.3) is 0 Å². The summed E-state index contributed by atoms with van der Waals surface area (Å²) in [5.74, 6) is 1.33. The maximum absolute atomic E-state index is 6.49. The molecule has 0 aromatic carbocycles. The van der Waals surface area contributed by atoms with Gasteiger partial charge >= 0.3 is 0 Å². The quantitative estimate of drug-likeness (QED) is 0.920. The summed E-state index contributed by atoms with van der Waals surface area (Å²) >= 11 is 6.49. The molecule has 1 fully saturated rings. The zero-order valence-electron chi connectivity index (χ0n) is 12.3. The van der Waals surface area contributed by atoms with Crippen LogP contribution in [0.5, 0.6) is 0 Å². The summed E-state index contributed by atoms with van der Waals surface area (Å²) in [7, 11) is 0. The lowest BCUT2D eigenvalue weighted by Crippen LogP contribution is -2.37. The fourth-order valence-electron chi connectivity index (χ4n) is 3.22. The Labute approximate surface area is 121 Å². The van der Waals surface area contributed by atoms with E-state index in [1.165, 1.54) is 18.5 Å². The number of hydrogen-bond acceptors (Lipinski definition) is 2. The molecule has 19 heavy (non-hydrogen) atoms. The van der Waals surface area contributed by atoms with Crippen molar-refractivity contribution in [3.63, 3.8) is 0 Å². The molecule has 2 rings (SSSR count). The molecule has 0 saturated heterocycles. The van der Waals surface area contributed by atoms with Crippen LogP contribution in [0.3, 0.4) is 0 Å². The number of nitrogens with two attached hydrogens (primary N) is 1. The molecule has 2 N–H and O–H groups in total. The molecule has 3 nitrogen and oxygen atoms in total. The smallest absolute Gasteiger partial charge is 0.0849 e. The van der Waals surface area contributed by atoms with Crippen LogP contribution >= 0.6 is 11.6 Å². The van der Waals surface area contributed by atoms with E-state index >= 15 is 0 Å². The molecule has 0 spiro atoms. The molecule has 0 radical (unpaired) electrons. The molecule has 1 aliphatic carbocycles. The summed E-state index contributed by atoms with van der Waals surface area (Å²) in [6.07, 6.45) is 5.49. The van der Waals surface area contributed by atoms with Gasteiger partial charge in [0.1, 0.15) is 0 Å². The Balaban J connectivity index is 2.19. The second-order valence-corrected chi connectivity index (χ2v) is 6.30. The van der Waals surface area contributed by atoms with Gasteiger partial charge in [0, 0.05) is 12.6 Å². The molecule has 1 aromatic heterocycles. The summed E-state index contributed by atoms with van der Waals surface area (Å²) in [6, 6.07) is 0.317. The van der Waals surface area contributed by atoms with Gasteiger partial charge in [-0.1, -0.05) is 25.4 Å². The summed E-state index contributed by atoms with van der Waals surface area (Å²) in [4.78, 5) is 0. The third kappa shape index (κ3) is 3.14. The molecule has 3 atom stereocenters. The number of halogens is 1. The van der Waals surface area contributed by atoms with Crippen LogP contribution in [0, 0.1) is 11.8 Å². The molecule has 0 bridgehead atoms. The Morgan fingerprint density at radius 1 is 1.37 bits per heavy atom. The maximum atomic E-state index is 6.49. The predicted octanol–water partition coefficient (Wildman–Crippen LogP) is 3.42. The molecule has 0 amide bonds. The van der Waals surface area contributed by atoms with E-state index in [-0.39, 0.29) is 0 Å². The van der Waals surface area contributed by atoms with Gasteiger partial charge in [-0.3, -0.25) is 4.68 Å². The van der Waals surface area contributed by atoms with Crippen molar-refractivity contribution < 1.29 is 0 Å². The van der Waals surface area contributed by atoms with Gasteiger partial charge in [0.2, 0.25) is 0 Å². The lowest BCUT2D eigenvalue weighted by atomic mass is 9.77. The molecule has 1 heterocycles. The highest BCUT2D eigenvalue weighted by Crippen LogP contribution is 2.33. The van der Waals surface area contributed by atoms with Crippen LogP contribution in [-0.2, 0) is 19.4 Å². The average Bonchev–Trinajstić information content (AvgIpc) is 2.70. The van der Waals surface area contributed by atoms with E-state index in [0.29, 0.717) is 12.0 Å². The Kier molecular flexibility index (Phi) is 4.91. The minimum absolute atomic E-state index is 0.317. The van der Waals surface area contributed by atoms with Crippen molar-refractivity contribution >= 4 is 11.6 Å². The van der Waals surface area contributed by atoms with E-state index in [9.17, 15) is 0 Å². The second kappa shape index (κ2) is 6.27. The second-order valence-electron chi connectivity index (χ2n) is 5.92. The standard InChI is InChI=1S/C15H26ClN3/c1-4-13-15(16)14(19(5-2)18-13)9-11-8-10(3)6-7-12(11)17/h10-12H,4-9,17H2,1-3H3. The van der Waals surface area contributed by atoms with Crippen LogP contribution in [0.1, 0.15) is 51.4 Å². The SMILES string of the molecule is CCc1nn(CC)c(CC2CC(C)CCC2N)c1Cl. The minimum Gasteiger partial charge on any atom is -0.327 e. The van der Waals surface area contributed by atoms with Crippen LogP contribution in [0.25, 0.3) is 0 Å². The van der Waals surface area contributed by atoms with Gasteiger partial charge in [-0.15, -0.1) is 0 Å². The van der Waals surface area contributed by atoms with Gasteiger partial charge in [0.05, 0.1) is 16.4 Å². The summed E-state index contributed by atoms with van der Waals surface area (Å²) in [6.45, 7) is 7.43. The first-order chi connectivity index (χ1) is 9.06. The van der Waals surface area contributed by atoms with Gasteiger partial charge in [0.15, 0.2) is 0 Å². The summed E-state index contributed by atoms with van der Waals surface area (Å²) in [5, 5.41) is 5.47. The third-order valence-corrected chi connectivity index (χ3v) is 4.89. The van der Waals surface area contributed by atoms with Gasteiger partial charge in [-0.2, -0.15) is 5.10 Å². The molecule has 4 heteroatoms. The number of hydrogen-bond donors (Lipinski definition) is 1. The lowest BCUT2D eigenvalue weighted by molar-refractivity contribution is 0.241. The number of aromatic nitrogens is 2. The van der Waals surface area contributed by atoms with Crippen molar-refractivity contribution in [3.8, 4) is 0 Å². The third-order valence-electron chi connectivity index (χ3n) is 4.45. The largest absolute Gasteiger partial charge is 0.327 e. The molecule has 1 saturated carbocycles. The first-order valence-electron chi connectivity index (χ1n) is 7.56. The first-order valence-corrected chi connectivity index (χ1v) is 7.94. The maximum Gasteiger partial charge on any atom is 0.0849 e. The van der Waals surface area contributed by atoms with E-state index in [1.54, 1.807) is 0 Å². The zero-order valence-corrected chi connectivity index (χ0v) is 13.1. The lowest BCUT2D eigenvalue weighted by Gasteiger charge is -2.32. The predicted molar refractivity (Wildman–Crippen MR) is 80.5 cm³/mol. The molecular formula is C15H26ClN3. The van der Waals surface area contributed by atoms with E-state index in [2.05, 4.69) is 30.6 Å². The average molecular weight is 284 g/mol. The van der Waals surface area contributed by atoms with E-state index < -0.39 is 0 Å². The molecule has 0 aliphatic heterocycles. The van der Waals surface area contributed by atoms with Crippen molar-refractivity contribution in [1.82, 2.24) is 9.78 Å². The normalized spacial score (nSPS) is 27.7. The molecule has 108 valence electrons. The Hall–Kier alpha value is -0.540. The van der Waals surface area contributed by atoms with Crippen LogP contribution in [0.15, 0.2) is 0 Å². The molecular weight excluding hydrogens is 258 g/mol. The van der Waals surface area contributed by atoms with Crippen LogP contribution in [0.2, 0.25) is 5.02 Å². The highest BCUT2D eigenvalue weighted by atomic mass is 35.5. The number of nitrogens with zero attached hydrogens (tertiary/aromatic N) is 2. The first kappa shape index (κ1) is 14.9. The van der Waals surface area contributed by atoms with Crippen molar-refractivity contribution in [1.29, 1.82) is 0 Å². The van der Waals surface area contributed by atoms with Crippen molar-refractivity contribution in [2.75, 3.05) is 0 Å². The number of rotatable bonds is 4. The minimum atomic E-state index is 0.317. The summed E-state index contributed by atoms with van der Waals surface area (Å²) < 4.78 is 2.06. The van der Waals surface area contributed by atoms with Gasteiger partial charge in [-0.05, 0) is 50.9 Å². The Morgan fingerprint density at radius 3 is 2.74 bits per heavy atom. The van der Waals surface area contributed by atoms with Crippen LogP contribution < -0.4 is 5.73 Å². The summed E-state index contributed by atoms with van der Waals surface area (Å²) in [5.41, 5.74) is 8.51. The molecule has 3 unspecified atom stereocenters. The highest BCUT2D eigenvalue weighted by molar-refractivity contribution is 6.31. The Bertz CT molecular complexity index is 427. The van der Waals surface area contributed by atoms with Gasteiger partial charge in [-0.25, -0.2) is 0 Å². The van der Waals surface area contributed by atoms with Crippen LogP contribution in [0.4, 0.5) is 0 Å². The van der Waals surface area contributed by atoms with Crippen molar-refractivity contribution in [2.24, 2.45) is 17.6 Å².